The van der Waals surface area contributed by atoms with Crippen LogP contribution in [0.2, 0.25) is 0 Å². The molecule has 140 valence electrons. The molecule has 0 spiro atoms. The van der Waals surface area contributed by atoms with E-state index in [-0.39, 0.29) is 11.8 Å². The number of aromatic nitrogens is 2. The zero-order chi connectivity index (χ0) is 18.5. The van der Waals surface area contributed by atoms with Crippen molar-refractivity contribution in [2.24, 2.45) is 5.92 Å². The van der Waals surface area contributed by atoms with Gasteiger partial charge in [0.15, 0.2) is 0 Å². The van der Waals surface area contributed by atoms with E-state index in [1.807, 2.05) is 43.0 Å². The molecule has 0 aliphatic carbocycles. The molecule has 1 unspecified atom stereocenters. The lowest BCUT2D eigenvalue weighted by Gasteiger charge is -2.33. The summed E-state index contributed by atoms with van der Waals surface area (Å²) < 4.78 is 6.42. The van der Waals surface area contributed by atoms with Crippen molar-refractivity contribution in [3.8, 4) is 11.4 Å². The second kappa shape index (κ2) is 8.77. The van der Waals surface area contributed by atoms with Gasteiger partial charge < -0.3 is 9.42 Å². The van der Waals surface area contributed by atoms with Crippen molar-refractivity contribution in [2.45, 2.75) is 33.2 Å². The van der Waals surface area contributed by atoms with Gasteiger partial charge in [-0.15, -0.1) is 0 Å². The van der Waals surface area contributed by atoms with E-state index in [0.29, 0.717) is 18.3 Å². The SMILES string of the molecule is CCN(CC)C(=O)C1CCCN(Cc2nc(-c3cccc(Br)c3)no2)C1. The van der Waals surface area contributed by atoms with Crippen molar-refractivity contribution < 1.29 is 9.32 Å². The largest absolute Gasteiger partial charge is 0.343 e. The maximum absolute atomic E-state index is 12.6. The normalized spacial score (nSPS) is 18.0. The first-order valence-corrected chi connectivity index (χ1v) is 9.99. The van der Waals surface area contributed by atoms with Crippen LogP contribution in [0.15, 0.2) is 33.3 Å². The zero-order valence-electron chi connectivity index (χ0n) is 15.3. The van der Waals surface area contributed by atoms with E-state index in [9.17, 15) is 4.79 Å². The number of benzene rings is 1. The Hall–Kier alpha value is -1.73. The van der Waals surface area contributed by atoms with Gasteiger partial charge in [-0.25, -0.2) is 0 Å². The fraction of sp³-hybridized carbons (Fsp3) is 0.526. The molecule has 1 aliphatic heterocycles. The van der Waals surface area contributed by atoms with Crippen LogP contribution in [0.4, 0.5) is 0 Å². The Balaban J connectivity index is 1.63. The molecule has 1 amide bonds. The molecule has 0 saturated carbocycles. The van der Waals surface area contributed by atoms with Crippen LogP contribution >= 0.6 is 15.9 Å². The average molecular weight is 421 g/mol. The van der Waals surface area contributed by atoms with Crippen molar-refractivity contribution in [3.05, 3.63) is 34.6 Å². The number of rotatable bonds is 6. The van der Waals surface area contributed by atoms with Crippen molar-refractivity contribution in [1.29, 1.82) is 0 Å². The van der Waals surface area contributed by atoms with Crippen LogP contribution in [0.3, 0.4) is 0 Å². The van der Waals surface area contributed by atoms with Gasteiger partial charge in [0.1, 0.15) is 0 Å². The Bertz CT molecular complexity index is 745. The smallest absolute Gasteiger partial charge is 0.241 e. The summed E-state index contributed by atoms with van der Waals surface area (Å²) in [5, 5.41) is 4.09. The molecular weight excluding hydrogens is 396 g/mol. The third-order valence-electron chi connectivity index (χ3n) is 4.84. The third-order valence-corrected chi connectivity index (χ3v) is 5.33. The van der Waals surface area contributed by atoms with Gasteiger partial charge in [0, 0.05) is 29.7 Å². The molecule has 2 aromatic rings. The van der Waals surface area contributed by atoms with Gasteiger partial charge in [0.05, 0.1) is 12.5 Å². The Morgan fingerprint density at radius 2 is 2.19 bits per heavy atom. The molecule has 7 heteroatoms. The number of halogens is 1. The molecule has 0 bridgehead atoms. The molecule has 6 nitrogen and oxygen atoms in total. The van der Waals surface area contributed by atoms with E-state index < -0.39 is 0 Å². The molecular formula is C19H25BrN4O2. The summed E-state index contributed by atoms with van der Waals surface area (Å²) in [6, 6.07) is 7.84. The molecule has 2 heterocycles. The van der Waals surface area contributed by atoms with Crippen molar-refractivity contribution in [2.75, 3.05) is 26.2 Å². The Morgan fingerprint density at radius 1 is 1.38 bits per heavy atom. The van der Waals surface area contributed by atoms with Gasteiger partial charge in [-0.05, 0) is 45.4 Å². The lowest BCUT2D eigenvalue weighted by molar-refractivity contribution is -0.137. The highest BCUT2D eigenvalue weighted by Gasteiger charge is 2.29. The number of likely N-dealkylation sites (tertiary alicyclic amines) is 1. The van der Waals surface area contributed by atoms with E-state index in [1.165, 1.54) is 0 Å². The van der Waals surface area contributed by atoms with Gasteiger partial charge in [-0.1, -0.05) is 33.2 Å². The first-order chi connectivity index (χ1) is 12.6. The van der Waals surface area contributed by atoms with Gasteiger partial charge in [-0.3, -0.25) is 9.69 Å². The number of amides is 1. The minimum atomic E-state index is 0.0659. The fourth-order valence-electron chi connectivity index (χ4n) is 3.45. The van der Waals surface area contributed by atoms with E-state index >= 15 is 0 Å². The molecule has 1 saturated heterocycles. The van der Waals surface area contributed by atoms with Crippen molar-refractivity contribution in [3.63, 3.8) is 0 Å². The highest BCUT2D eigenvalue weighted by molar-refractivity contribution is 9.10. The number of hydrogen-bond donors (Lipinski definition) is 0. The highest BCUT2D eigenvalue weighted by atomic mass is 79.9. The standard InChI is InChI=1S/C19H25BrN4O2/c1-3-24(4-2)19(25)15-8-6-10-23(12-15)13-17-21-18(22-26-17)14-7-5-9-16(20)11-14/h5,7,9,11,15H,3-4,6,8,10,12-13H2,1-2H3. The summed E-state index contributed by atoms with van der Waals surface area (Å²) >= 11 is 3.46. The summed E-state index contributed by atoms with van der Waals surface area (Å²) in [6.07, 6.45) is 1.98. The predicted octanol–water partition coefficient (Wildman–Crippen LogP) is 3.58. The summed E-state index contributed by atoms with van der Waals surface area (Å²) in [5.74, 6) is 1.51. The second-order valence-electron chi connectivity index (χ2n) is 6.61. The zero-order valence-corrected chi connectivity index (χ0v) is 16.9. The van der Waals surface area contributed by atoms with Crippen LogP contribution in [-0.2, 0) is 11.3 Å². The summed E-state index contributed by atoms with van der Waals surface area (Å²) in [7, 11) is 0. The van der Waals surface area contributed by atoms with E-state index in [4.69, 9.17) is 4.52 Å². The van der Waals surface area contributed by atoms with Gasteiger partial charge in [0.2, 0.25) is 17.6 Å². The summed E-state index contributed by atoms with van der Waals surface area (Å²) in [4.78, 5) is 21.3. The Kier molecular flexibility index (Phi) is 6.43. The first kappa shape index (κ1) is 19.0. The van der Waals surface area contributed by atoms with E-state index in [0.717, 1.165) is 49.1 Å². The minimum absolute atomic E-state index is 0.0659. The maximum atomic E-state index is 12.6. The monoisotopic (exact) mass is 420 g/mol. The maximum Gasteiger partial charge on any atom is 0.241 e. The first-order valence-electron chi connectivity index (χ1n) is 9.20. The Labute approximate surface area is 162 Å². The van der Waals surface area contributed by atoms with E-state index in [1.54, 1.807) is 0 Å². The molecule has 1 aromatic carbocycles. The summed E-state index contributed by atoms with van der Waals surface area (Å²) in [6.45, 7) is 7.90. The molecule has 0 radical (unpaired) electrons. The minimum Gasteiger partial charge on any atom is -0.343 e. The van der Waals surface area contributed by atoms with Crippen LogP contribution in [0.25, 0.3) is 11.4 Å². The number of carbonyl (C=O) groups is 1. The van der Waals surface area contributed by atoms with Crippen LogP contribution in [0.5, 0.6) is 0 Å². The molecule has 1 aliphatic rings. The molecule has 1 atom stereocenters. The topological polar surface area (TPSA) is 62.5 Å². The predicted molar refractivity (Wildman–Crippen MR) is 103 cm³/mol. The molecule has 1 fully saturated rings. The molecule has 1 aromatic heterocycles. The van der Waals surface area contributed by atoms with Crippen molar-refractivity contribution >= 4 is 21.8 Å². The quantitative estimate of drug-likeness (QED) is 0.714. The summed E-state index contributed by atoms with van der Waals surface area (Å²) in [5.41, 5.74) is 0.919. The number of piperidine rings is 1. The van der Waals surface area contributed by atoms with Gasteiger partial charge in [-0.2, -0.15) is 4.98 Å². The second-order valence-corrected chi connectivity index (χ2v) is 7.52. The third kappa shape index (κ3) is 4.51. The van der Waals surface area contributed by atoms with Crippen LogP contribution < -0.4 is 0 Å². The molecule has 26 heavy (non-hydrogen) atoms. The fourth-order valence-corrected chi connectivity index (χ4v) is 3.85. The van der Waals surface area contributed by atoms with Crippen LogP contribution in [0, 0.1) is 5.92 Å². The van der Waals surface area contributed by atoms with Crippen LogP contribution in [-0.4, -0.2) is 52.0 Å². The number of carbonyl (C=O) groups excluding carboxylic acids is 1. The molecule has 3 rings (SSSR count). The van der Waals surface area contributed by atoms with E-state index in [2.05, 4.69) is 31.0 Å². The lowest BCUT2D eigenvalue weighted by atomic mass is 9.96. The average Bonchev–Trinajstić information content (AvgIpc) is 3.11. The number of hydrogen-bond acceptors (Lipinski definition) is 5. The van der Waals surface area contributed by atoms with Crippen LogP contribution in [0.1, 0.15) is 32.6 Å². The lowest BCUT2D eigenvalue weighted by Crippen LogP contribution is -2.44. The van der Waals surface area contributed by atoms with Gasteiger partial charge in [0.25, 0.3) is 0 Å². The number of nitrogens with zero attached hydrogens (tertiary/aromatic N) is 4. The van der Waals surface area contributed by atoms with Crippen molar-refractivity contribution in [1.82, 2.24) is 19.9 Å². The Morgan fingerprint density at radius 3 is 2.92 bits per heavy atom. The van der Waals surface area contributed by atoms with Gasteiger partial charge >= 0.3 is 0 Å². The highest BCUT2D eigenvalue weighted by Crippen LogP contribution is 2.23. The molecule has 0 N–H and O–H groups in total.